The molecule has 0 aliphatic carbocycles. The zero-order chi connectivity index (χ0) is 13.5. The molecule has 1 aliphatic rings. The molecule has 0 radical (unpaired) electrons. The molecule has 1 aliphatic heterocycles. The molecule has 0 spiro atoms. The van der Waals surface area contributed by atoms with Gasteiger partial charge in [-0.25, -0.2) is 0 Å². The van der Waals surface area contributed by atoms with Crippen LogP contribution in [0.1, 0.15) is 26.3 Å². The van der Waals surface area contributed by atoms with Crippen LogP contribution in [0, 0.1) is 5.41 Å². The Labute approximate surface area is 119 Å². The maximum absolute atomic E-state index is 3.51. The minimum absolute atomic E-state index is 0.332. The van der Waals surface area contributed by atoms with Crippen LogP contribution in [-0.4, -0.2) is 0 Å². The van der Waals surface area contributed by atoms with Crippen LogP contribution in [-0.2, 0) is 6.42 Å². The summed E-state index contributed by atoms with van der Waals surface area (Å²) in [7, 11) is 0. The highest BCUT2D eigenvalue weighted by molar-refractivity contribution is 7.99. The Bertz CT molecular complexity index is 611. The molecule has 19 heavy (non-hydrogen) atoms. The molecule has 0 saturated carbocycles. The van der Waals surface area contributed by atoms with Crippen molar-refractivity contribution < 1.29 is 0 Å². The van der Waals surface area contributed by atoms with Crippen LogP contribution in [0.4, 0.5) is 11.4 Å². The molecule has 0 aromatic heterocycles. The van der Waals surface area contributed by atoms with Crippen molar-refractivity contribution >= 4 is 23.1 Å². The summed E-state index contributed by atoms with van der Waals surface area (Å²) in [6.45, 7) is 6.85. The van der Waals surface area contributed by atoms with E-state index in [1.165, 1.54) is 26.7 Å². The van der Waals surface area contributed by atoms with Crippen molar-refractivity contribution in [1.29, 1.82) is 0 Å². The molecule has 0 saturated heterocycles. The van der Waals surface area contributed by atoms with Gasteiger partial charge < -0.3 is 5.32 Å². The maximum Gasteiger partial charge on any atom is 0.0526 e. The molecule has 0 unspecified atom stereocenters. The van der Waals surface area contributed by atoms with Gasteiger partial charge in [0, 0.05) is 9.79 Å². The predicted octanol–water partition coefficient (Wildman–Crippen LogP) is 5.48. The smallest absolute Gasteiger partial charge is 0.0526 e. The lowest BCUT2D eigenvalue weighted by atomic mass is 9.88. The molecule has 0 atom stereocenters. The van der Waals surface area contributed by atoms with Crippen molar-refractivity contribution in [2.75, 3.05) is 5.32 Å². The van der Waals surface area contributed by atoms with Crippen LogP contribution in [0.25, 0.3) is 0 Å². The van der Waals surface area contributed by atoms with Gasteiger partial charge in [-0.15, -0.1) is 0 Å². The summed E-state index contributed by atoms with van der Waals surface area (Å²) in [5.74, 6) is 0. The SMILES string of the molecule is CC(C)(C)Cc1ccc2c(c1)Sc1ccccc1N2. The van der Waals surface area contributed by atoms with E-state index < -0.39 is 0 Å². The normalized spacial score (nSPS) is 13.4. The van der Waals surface area contributed by atoms with Crippen LogP contribution >= 0.6 is 11.8 Å². The third-order valence-corrected chi connectivity index (χ3v) is 4.29. The van der Waals surface area contributed by atoms with Gasteiger partial charge in [0.25, 0.3) is 0 Å². The summed E-state index contributed by atoms with van der Waals surface area (Å²) < 4.78 is 0. The van der Waals surface area contributed by atoms with Crippen LogP contribution < -0.4 is 5.32 Å². The van der Waals surface area contributed by atoms with Gasteiger partial charge in [0.1, 0.15) is 0 Å². The number of fused-ring (bicyclic) bond motifs is 2. The second-order valence-corrected chi connectivity index (χ2v) is 7.37. The molecule has 2 aromatic rings. The molecule has 0 amide bonds. The fourth-order valence-corrected chi connectivity index (χ4v) is 3.45. The lowest BCUT2D eigenvalue weighted by Crippen LogP contribution is -2.09. The number of benzene rings is 2. The molecule has 98 valence electrons. The van der Waals surface area contributed by atoms with Crippen LogP contribution in [0.5, 0.6) is 0 Å². The molecule has 2 aromatic carbocycles. The molecular weight excluding hydrogens is 250 g/mol. The molecule has 2 heteroatoms. The van der Waals surface area contributed by atoms with Gasteiger partial charge in [-0.05, 0) is 41.7 Å². The molecule has 1 N–H and O–H groups in total. The zero-order valence-corrected chi connectivity index (χ0v) is 12.5. The maximum atomic E-state index is 3.51. The van der Waals surface area contributed by atoms with E-state index in [9.17, 15) is 0 Å². The van der Waals surface area contributed by atoms with E-state index in [4.69, 9.17) is 0 Å². The van der Waals surface area contributed by atoms with Crippen molar-refractivity contribution in [3.8, 4) is 0 Å². The van der Waals surface area contributed by atoms with E-state index in [1.54, 1.807) is 0 Å². The van der Waals surface area contributed by atoms with E-state index in [0.29, 0.717) is 5.41 Å². The summed E-state index contributed by atoms with van der Waals surface area (Å²) in [6, 6.07) is 15.3. The Morgan fingerprint density at radius 1 is 0.947 bits per heavy atom. The van der Waals surface area contributed by atoms with Gasteiger partial charge in [-0.2, -0.15) is 0 Å². The highest BCUT2D eigenvalue weighted by atomic mass is 32.2. The number of nitrogens with one attached hydrogen (secondary N) is 1. The average molecular weight is 269 g/mol. The largest absolute Gasteiger partial charge is 0.354 e. The first-order valence-electron chi connectivity index (χ1n) is 6.68. The average Bonchev–Trinajstić information content (AvgIpc) is 2.34. The van der Waals surface area contributed by atoms with Crippen molar-refractivity contribution in [3.05, 3.63) is 48.0 Å². The van der Waals surface area contributed by atoms with Gasteiger partial charge in [0.15, 0.2) is 0 Å². The van der Waals surface area contributed by atoms with Gasteiger partial charge in [-0.3, -0.25) is 0 Å². The Morgan fingerprint density at radius 2 is 1.68 bits per heavy atom. The standard InChI is InChI=1S/C17H19NS/c1-17(2,3)11-12-8-9-14-16(10-12)19-15-7-5-4-6-13(15)18-14/h4-10,18H,11H2,1-3H3. The summed E-state index contributed by atoms with van der Waals surface area (Å²) >= 11 is 1.86. The number of rotatable bonds is 1. The lowest BCUT2D eigenvalue weighted by Gasteiger charge is -2.23. The highest BCUT2D eigenvalue weighted by Gasteiger charge is 2.17. The fourth-order valence-electron chi connectivity index (χ4n) is 2.40. The van der Waals surface area contributed by atoms with Crippen molar-refractivity contribution in [1.82, 2.24) is 0 Å². The highest BCUT2D eigenvalue weighted by Crippen LogP contribution is 2.44. The van der Waals surface area contributed by atoms with Crippen LogP contribution in [0.15, 0.2) is 52.3 Å². The third-order valence-electron chi connectivity index (χ3n) is 3.16. The summed E-state index contributed by atoms with van der Waals surface area (Å²) in [5.41, 5.74) is 4.18. The van der Waals surface area contributed by atoms with Crippen LogP contribution in [0.2, 0.25) is 0 Å². The van der Waals surface area contributed by atoms with Crippen molar-refractivity contribution in [3.63, 3.8) is 0 Å². The zero-order valence-electron chi connectivity index (χ0n) is 11.7. The quantitative estimate of drug-likeness (QED) is 0.627. The fraction of sp³-hybridized carbons (Fsp3) is 0.294. The summed E-state index contributed by atoms with van der Waals surface area (Å²) in [4.78, 5) is 2.64. The molecule has 1 nitrogen and oxygen atoms in total. The van der Waals surface area contributed by atoms with Gasteiger partial charge in [-0.1, -0.05) is 50.7 Å². The van der Waals surface area contributed by atoms with Crippen molar-refractivity contribution in [2.45, 2.75) is 37.0 Å². The Morgan fingerprint density at radius 3 is 2.47 bits per heavy atom. The number of hydrogen-bond acceptors (Lipinski definition) is 2. The van der Waals surface area contributed by atoms with Gasteiger partial charge >= 0.3 is 0 Å². The van der Waals surface area contributed by atoms with E-state index in [-0.39, 0.29) is 0 Å². The topological polar surface area (TPSA) is 12.0 Å². The van der Waals surface area contributed by atoms with E-state index in [1.807, 2.05) is 11.8 Å². The van der Waals surface area contributed by atoms with Crippen molar-refractivity contribution in [2.24, 2.45) is 5.41 Å². The first-order valence-corrected chi connectivity index (χ1v) is 7.50. The number of para-hydroxylation sites is 1. The molecule has 0 bridgehead atoms. The van der Waals surface area contributed by atoms with E-state index in [0.717, 1.165) is 6.42 Å². The van der Waals surface area contributed by atoms with E-state index >= 15 is 0 Å². The van der Waals surface area contributed by atoms with E-state index in [2.05, 4.69) is 68.6 Å². The second-order valence-electron chi connectivity index (χ2n) is 6.29. The summed E-state index contributed by atoms with van der Waals surface area (Å²) in [5, 5.41) is 3.51. The minimum Gasteiger partial charge on any atom is -0.354 e. The first kappa shape index (κ1) is 12.6. The first-order chi connectivity index (χ1) is 9.01. The summed E-state index contributed by atoms with van der Waals surface area (Å²) in [6.07, 6.45) is 1.11. The lowest BCUT2D eigenvalue weighted by molar-refractivity contribution is 0.411. The minimum atomic E-state index is 0.332. The number of hydrogen-bond donors (Lipinski definition) is 1. The molecule has 1 heterocycles. The Balaban J connectivity index is 1.92. The Hall–Kier alpha value is -1.41. The second kappa shape index (κ2) is 4.61. The van der Waals surface area contributed by atoms with Gasteiger partial charge in [0.2, 0.25) is 0 Å². The third kappa shape index (κ3) is 2.79. The molecule has 0 fully saturated rings. The Kier molecular flexibility index (Phi) is 3.06. The van der Waals surface area contributed by atoms with Gasteiger partial charge in [0.05, 0.1) is 11.4 Å². The molecular formula is C17H19NS. The number of anilines is 2. The predicted molar refractivity (Wildman–Crippen MR) is 83.4 cm³/mol. The monoisotopic (exact) mass is 269 g/mol. The van der Waals surface area contributed by atoms with Crippen LogP contribution in [0.3, 0.4) is 0 Å². The molecule has 3 rings (SSSR count).